The lowest BCUT2D eigenvalue weighted by molar-refractivity contribution is -0.156. The molecule has 2 aliphatic heterocycles. The van der Waals surface area contributed by atoms with E-state index < -0.39 is 0 Å². The highest BCUT2D eigenvalue weighted by Crippen LogP contribution is 2.17. The third kappa shape index (κ3) is 2.07. The minimum atomic E-state index is -0.0679. The van der Waals surface area contributed by atoms with Gasteiger partial charge in [0.2, 0.25) is 0 Å². The van der Waals surface area contributed by atoms with Crippen LogP contribution in [0.15, 0.2) is 0 Å². The zero-order chi connectivity index (χ0) is 9.97. The van der Waals surface area contributed by atoms with Gasteiger partial charge in [-0.3, -0.25) is 9.69 Å². The second-order valence-electron chi connectivity index (χ2n) is 4.19. The molecule has 2 heterocycles. The van der Waals surface area contributed by atoms with Crippen molar-refractivity contribution in [2.24, 2.45) is 0 Å². The molecule has 0 spiro atoms. The number of carbonyl (C=O) groups is 1. The fraction of sp³-hybridized carbons (Fsp3) is 0.900. The minimum Gasteiger partial charge on any atom is -0.463 e. The van der Waals surface area contributed by atoms with E-state index in [4.69, 9.17) is 4.74 Å². The van der Waals surface area contributed by atoms with E-state index in [2.05, 4.69) is 17.1 Å². The van der Waals surface area contributed by atoms with E-state index in [-0.39, 0.29) is 5.97 Å². The van der Waals surface area contributed by atoms with Gasteiger partial charge in [-0.05, 0) is 32.9 Å². The van der Waals surface area contributed by atoms with Crippen molar-refractivity contribution in [1.82, 2.24) is 10.2 Å². The van der Waals surface area contributed by atoms with Gasteiger partial charge in [0.05, 0.1) is 6.54 Å². The molecule has 14 heavy (non-hydrogen) atoms. The van der Waals surface area contributed by atoms with Crippen LogP contribution in [0.3, 0.4) is 0 Å². The molecule has 0 saturated carbocycles. The Balaban J connectivity index is 1.95. The molecule has 0 aromatic heterocycles. The molecule has 4 heteroatoms. The number of morpholine rings is 1. The zero-order valence-electron chi connectivity index (χ0n) is 8.66. The first-order chi connectivity index (χ1) is 6.77. The average Bonchev–Trinajstić information content (AvgIpc) is 2.23. The smallest absolute Gasteiger partial charge is 0.320 e. The molecule has 80 valence electrons. The Kier molecular flexibility index (Phi) is 3.03. The van der Waals surface area contributed by atoms with Crippen LogP contribution in [0, 0.1) is 0 Å². The summed E-state index contributed by atoms with van der Waals surface area (Å²) in [5.74, 6) is -0.0679. The fourth-order valence-corrected chi connectivity index (χ4v) is 2.29. The Labute approximate surface area is 84.6 Å². The monoisotopic (exact) mass is 198 g/mol. The standard InChI is InChI=1S/C10H18N2O2/c1-8-7-14-10(13)6-12(8)9-2-4-11-5-3-9/h8-9,11H,2-7H2,1H3. The van der Waals surface area contributed by atoms with E-state index in [9.17, 15) is 4.79 Å². The summed E-state index contributed by atoms with van der Waals surface area (Å²) in [6.45, 7) is 5.31. The van der Waals surface area contributed by atoms with Crippen molar-refractivity contribution >= 4 is 5.97 Å². The second kappa shape index (κ2) is 4.28. The number of hydrogen-bond donors (Lipinski definition) is 1. The van der Waals surface area contributed by atoms with E-state index in [1.807, 2.05) is 0 Å². The third-order valence-corrected chi connectivity index (χ3v) is 3.14. The quantitative estimate of drug-likeness (QED) is 0.602. The zero-order valence-corrected chi connectivity index (χ0v) is 8.66. The van der Waals surface area contributed by atoms with Gasteiger partial charge in [-0.25, -0.2) is 0 Å². The maximum atomic E-state index is 11.2. The molecule has 2 aliphatic rings. The normalized spacial score (nSPS) is 31.5. The van der Waals surface area contributed by atoms with Crippen molar-refractivity contribution in [2.45, 2.75) is 31.8 Å². The molecule has 1 atom stereocenters. The van der Waals surface area contributed by atoms with Crippen molar-refractivity contribution < 1.29 is 9.53 Å². The summed E-state index contributed by atoms with van der Waals surface area (Å²) in [6.07, 6.45) is 2.30. The molecule has 0 aliphatic carbocycles. The Morgan fingerprint density at radius 2 is 2.14 bits per heavy atom. The van der Waals surface area contributed by atoms with E-state index >= 15 is 0 Å². The molecule has 2 fully saturated rings. The van der Waals surface area contributed by atoms with Gasteiger partial charge >= 0.3 is 5.97 Å². The molecule has 0 amide bonds. The van der Waals surface area contributed by atoms with Gasteiger partial charge in [0.25, 0.3) is 0 Å². The van der Waals surface area contributed by atoms with E-state index in [1.165, 1.54) is 0 Å². The van der Waals surface area contributed by atoms with Crippen molar-refractivity contribution in [3.05, 3.63) is 0 Å². The Hall–Kier alpha value is -0.610. The van der Waals surface area contributed by atoms with Gasteiger partial charge in [0.15, 0.2) is 0 Å². The van der Waals surface area contributed by atoms with Crippen LogP contribution < -0.4 is 5.32 Å². The number of nitrogens with one attached hydrogen (secondary N) is 1. The van der Waals surface area contributed by atoms with Crippen molar-refractivity contribution in [3.63, 3.8) is 0 Å². The van der Waals surface area contributed by atoms with Gasteiger partial charge in [0, 0.05) is 12.1 Å². The maximum Gasteiger partial charge on any atom is 0.320 e. The number of esters is 1. The van der Waals surface area contributed by atoms with Gasteiger partial charge < -0.3 is 10.1 Å². The fourth-order valence-electron chi connectivity index (χ4n) is 2.29. The molecule has 2 saturated heterocycles. The molecular weight excluding hydrogens is 180 g/mol. The van der Waals surface area contributed by atoms with Crippen molar-refractivity contribution in [3.8, 4) is 0 Å². The van der Waals surface area contributed by atoms with Crippen LogP contribution in [0.1, 0.15) is 19.8 Å². The molecule has 1 N–H and O–H groups in total. The molecule has 0 bridgehead atoms. The van der Waals surface area contributed by atoms with Gasteiger partial charge in [-0.2, -0.15) is 0 Å². The summed E-state index contributed by atoms with van der Waals surface area (Å²) in [7, 11) is 0. The molecule has 0 radical (unpaired) electrons. The van der Waals surface area contributed by atoms with Crippen LogP contribution >= 0.6 is 0 Å². The summed E-state index contributed by atoms with van der Waals surface area (Å²) >= 11 is 0. The van der Waals surface area contributed by atoms with Crippen LogP contribution in [-0.2, 0) is 9.53 Å². The largest absolute Gasteiger partial charge is 0.463 e. The molecule has 1 unspecified atom stereocenters. The van der Waals surface area contributed by atoms with Crippen molar-refractivity contribution in [1.29, 1.82) is 0 Å². The third-order valence-electron chi connectivity index (χ3n) is 3.14. The van der Waals surface area contributed by atoms with Gasteiger partial charge in [-0.1, -0.05) is 0 Å². The summed E-state index contributed by atoms with van der Waals surface area (Å²) in [5, 5.41) is 3.34. The summed E-state index contributed by atoms with van der Waals surface area (Å²) in [4.78, 5) is 13.5. The van der Waals surface area contributed by atoms with Crippen LogP contribution in [0.25, 0.3) is 0 Å². The highest BCUT2D eigenvalue weighted by molar-refractivity contribution is 5.72. The highest BCUT2D eigenvalue weighted by atomic mass is 16.5. The minimum absolute atomic E-state index is 0.0679. The average molecular weight is 198 g/mol. The van der Waals surface area contributed by atoms with Crippen molar-refractivity contribution in [2.75, 3.05) is 26.2 Å². The van der Waals surface area contributed by atoms with Crippen LogP contribution in [-0.4, -0.2) is 49.2 Å². The highest BCUT2D eigenvalue weighted by Gasteiger charge is 2.31. The van der Waals surface area contributed by atoms with Gasteiger partial charge in [0.1, 0.15) is 6.61 Å². The predicted octanol–water partition coefficient (Wildman–Crippen LogP) is -0.0143. The van der Waals surface area contributed by atoms with E-state index in [0.717, 1.165) is 25.9 Å². The lowest BCUT2D eigenvalue weighted by Crippen LogP contribution is -2.53. The number of nitrogens with zero attached hydrogens (tertiary/aromatic N) is 1. The first kappa shape index (κ1) is 9.93. The summed E-state index contributed by atoms with van der Waals surface area (Å²) in [5.41, 5.74) is 0. The topological polar surface area (TPSA) is 41.6 Å². The van der Waals surface area contributed by atoms with E-state index in [0.29, 0.717) is 25.2 Å². The number of ether oxygens (including phenoxy) is 1. The van der Waals surface area contributed by atoms with Gasteiger partial charge in [-0.15, -0.1) is 0 Å². The number of cyclic esters (lactones) is 1. The SMILES string of the molecule is CC1COC(=O)CN1C1CCNCC1. The van der Waals surface area contributed by atoms with Crippen LogP contribution in [0.5, 0.6) is 0 Å². The Morgan fingerprint density at radius 1 is 1.43 bits per heavy atom. The first-order valence-electron chi connectivity index (χ1n) is 5.39. The van der Waals surface area contributed by atoms with Crippen LogP contribution in [0.4, 0.5) is 0 Å². The predicted molar refractivity (Wildman–Crippen MR) is 53.0 cm³/mol. The van der Waals surface area contributed by atoms with E-state index in [1.54, 1.807) is 0 Å². The Bertz CT molecular complexity index is 214. The summed E-state index contributed by atoms with van der Waals surface area (Å²) in [6, 6.07) is 0.954. The lowest BCUT2D eigenvalue weighted by Gasteiger charge is -2.40. The second-order valence-corrected chi connectivity index (χ2v) is 4.19. The lowest BCUT2D eigenvalue weighted by atomic mass is 10.0. The molecule has 0 aromatic rings. The number of piperidine rings is 1. The summed E-state index contributed by atoms with van der Waals surface area (Å²) < 4.78 is 5.01. The van der Waals surface area contributed by atoms with Crippen LogP contribution in [0.2, 0.25) is 0 Å². The molecule has 4 nitrogen and oxygen atoms in total. The number of carbonyl (C=O) groups excluding carboxylic acids is 1. The number of hydrogen-bond acceptors (Lipinski definition) is 4. The molecule has 0 aromatic carbocycles. The Morgan fingerprint density at radius 3 is 2.86 bits per heavy atom. The first-order valence-corrected chi connectivity index (χ1v) is 5.39. The maximum absolute atomic E-state index is 11.2. The molecular formula is C10H18N2O2. The molecule has 2 rings (SSSR count). The number of rotatable bonds is 1.